The first kappa shape index (κ1) is 47.5. The third kappa shape index (κ3) is 10.6. The predicted octanol–water partition coefficient (Wildman–Crippen LogP) is 7.05. The first-order valence-electron chi connectivity index (χ1n) is 22.0. The van der Waals surface area contributed by atoms with Crippen molar-refractivity contribution in [2.24, 2.45) is 5.92 Å². The fourth-order valence-electron chi connectivity index (χ4n) is 8.44. The number of nitrogens with one attached hydrogen (secondary N) is 4. The lowest BCUT2D eigenvalue weighted by Gasteiger charge is -2.30. The number of thiophene rings is 1. The zero-order valence-electron chi connectivity index (χ0n) is 38.1. The molecule has 2 aromatic carbocycles. The number of benzene rings is 2. The summed E-state index contributed by atoms with van der Waals surface area (Å²) in [6.07, 6.45) is 5.15. The SMILES string of the molecule is COCCOc1c(-c2ccc(-c3cnc(C4CCCN4C(=O)C(NC(=O)OC)C(C)C)[nH]3)cc2)ccc(-c2cnc(C3CCCN3C(=O)C(NC(=O)OC)c3ccsc3)[nH]2)c1OCCOC. The van der Waals surface area contributed by atoms with E-state index in [1.165, 1.54) is 25.6 Å². The van der Waals surface area contributed by atoms with E-state index in [-0.39, 0.29) is 43.0 Å². The average molecular weight is 927 g/mol. The zero-order chi connectivity index (χ0) is 46.7. The van der Waals surface area contributed by atoms with Crippen molar-refractivity contribution in [3.63, 3.8) is 0 Å². The van der Waals surface area contributed by atoms with Gasteiger partial charge in [0.2, 0.25) is 5.91 Å². The van der Waals surface area contributed by atoms with Crippen LogP contribution in [-0.4, -0.2) is 128 Å². The minimum atomic E-state index is -0.910. The Bertz CT molecular complexity index is 2420. The van der Waals surface area contributed by atoms with Gasteiger partial charge in [-0.05, 0) is 77.3 Å². The van der Waals surface area contributed by atoms with E-state index in [1.807, 2.05) is 67.1 Å². The van der Waals surface area contributed by atoms with E-state index in [4.69, 9.17) is 38.4 Å². The highest BCUT2D eigenvalue weighted by atomic mass is 32.1. The van der Waals surface area contributed by atoms with Crippen molar-refractivity contribution >= 4 is 35.3 Å². The molecular weight excluding hydrogens is 869 g/mol. The molecule has 5 heterocycles. The number of likely N-dealkylation sites (tertiary alicyclic amines) is 2. The minimum Gasteiger partial charge on any atom is -0.487 e. The van der Waals surface area contributed by atoms with Crippen molar-refractivity contribution in [3.8, 4) is 45.1 Å². The van der Waals surface area contributed by atoms with Gasteiger partial charge in [-0.3, -0.25) is 9.59 Å². The molecule has 352 valence electrons. The van der Waals surface area contributed by atoms with Gasteiger partial charge in [-0.15, -0.1) is 0 Å². The number of ether oxygens (including phenoxy) is 6. The van der Waals surface area contributed by atoms with E-state index >= 15 is 0 Å². The normalized spacial score (nSPS) is 16.8. The molecule has 19 heteroatoms. The number of H-pyrrole nitrogens is 2. The van der Waals surface area contributed by atoms with Crippen LogP contribution in [0.3, 0.4) is 0 Å². The fraction of sp³-hybridized carbons (Fsp3) is 0.447. The number of hydrogen-bond donors (Lipinski definition) is 4. The number of carbonyl (C=O) groups excluding carboxylic acids is 4. The number of aromatic amines is 2. The van der Waals surface area contributed by atoms with E-state index < -0.39 is 24.3 Å². The Morgan fingerprint density at radius 2 is 1.24 bits per heavy atom. The Morgan fingerprint density at radius 1 is 0.697 bits per heavy atom. The molecule has 4 amide bonds. The van der Waals surface area contributed by atoms with Gasteiger partial charge in [0, 0.05) is 38.4 Å². The number of aromatic nitrogens is 4. The van der Waals surface area contributed by atoms with Crippen LogP contribution < -0.4 is 20.1 Å². The maximum atomic E-state index is 14.1. The van der Waals surface area contributed by atoms with Crippen molar-refractivity contribution in [1.82, 2.24) is 40.4 Å². The summed E-state index contributed by atoms with van der Waals surface area (Å²) in [5.41, 5.74) is 5.37. The maximum Gasteiger partial charge on any atom is 0.407 e. The van der Waals surface area contributed by atoms with E-state index in [9.17, 15) is 19.2 Å². The molecule has 0 bridgehead atoms. The van der Waals surface area contributed by atoms with Crippen molar-refractivity contribution in [2.45, 2.75) is 63.7 Å². The van der Waals surface area contributed by atoms with Gasteiger partial charge in [0.05, 0.1) is 63.3 Å². The minimum absolute atomic E-state index is 0.140. The lowest BCUT2D eigenvalue weighted by Crippen LogP contribution is -2.51. The molecule has 4 atom stereocenters. The number of nitrogens with zero attached hydrogens (tertiary/aromatic N) is 4. The summed E-state index contributed by atoms with van der Waals surface area (Å²) in [6.45, 7) is 5.98. The Morgan fingerprint density at radius 3 is 1.82 bits per heavy atom. The first-order valence-corrected chi connectivity index (χ1v) is 22.9. The standard InChI is InChI=1S/C47H58N8O10S/c1-28(2)38(52-46(58)62-5)44(56)54-18-7-9-36(54)42-48-25-34(50-42)30-13-11-29(12-14-30)32-15-16-33(41(65-23-21-61-4)40(32)64-22-20-60-3)35-26-49-43(51-35)37-10-8-19-55(37)45(57)39(53-47(59)63-6)31-17-24-66-27-31/h11-17,24-28,36-39H,7-10,18-23H2,1-6H3,(H,48,50)(H,49,51)(H,52,58)(H,53,59). The van der Waals surface area contributed by atoms with Gasteiger partial charge >= 0.3 is 12.2 Å². The molecule has 0 aliphatic carbocycles. The maximum absolute atomic E-state index is 14.1. The fourth-order valence-corrected chi connectivity index (χ4v) is 9.13. The van der Waals surface area contributed by atoms with E-state index in [0.717, 1.165) is 41.6 Å². The Kier molecular flexibility index (Phi) is 16.0. The molecule has 2 aliphatic heterocycles. The monoisotopic (exact) mass is 926 g/mol. The summed E-state index contributed by atoms with van der Waals surface area (Å²) in [5, 5.41) is 9.11. The molecule has 4 unspecified atom stereocenters. The number of methoxy groups -OCH3 is 4. The number of alkyl carbamates (subject to hydrolysis) is 2. The average Bonchev–Trinajstić information content (AvgIpc) is 4.20. The Balaban J connectivity index is 1.16. The van der Waals surface area contributed by atoms with Gasteiger partial charge in [0.25, 0.3) is 5.91 Å². The summed E-state index contributed by atoms with van der Waals surface area (Å²) in [6, 6.07) is 11.5. The van der Waals surface area contributed by atoms with E-state index in [1.54, 1.807) is 36.4 Å². The summed E-state index contributed by atoms with van der Waals surface area (Å²) in [5.74, 6) is 1.70. The number of imidazole rings is 2. The van der Waals surface area contributed by atoms with Gasteiger partial charge in [0.1, 0.15) is 36.9 Å². The molecule has 2 fully saturated rings. The molecule has 2 aliphatic rings. The molecule has 4 N–H and O–H groups in total. The summed E-state index contributed by atoms with van der Waals surface area (Å²) in [4.78, 5) is 72.2. The molecule has 0 radical (unpaired) electrons. The van der Waals surface area contributed by atoms with Crippen LogP contribution in [0.5, 0.6) is 11.5 Å². The van der Waals surface area contributed by atoms with Crippen LogP contribution in [0.4, 0.5) is 9.59 Å². The number of hydrogen-bond acceptors (Lipinski definition) is 13. The molecule has 5 aromatic rings. The van der Waals surface area contributed by atoms with Gasteiger partial charge in [0.15, 0.2) is 11.5 Å². The largest absolute Gasteiger partial charge is 0.487 e. The van der Waals surface area contributed by atoms with Crippen molar-refractivity contribution in [2.75, 3.05) is 68.0 Å². The van der Waals surface area contributed by atoms with Gasteiger partial charge in [-0.1, -0.05) is 38.1 Å². The number of rotatable bonds is 19. The van der Waals surface area contributed by atoms with Crippen LogP contribution in [0.1, 0.15) is 74.9 Å². The first-order chi connectivity index (χ1) is 32.1. The second kappa shape index (κ2) is 22.2. The van der Waals surface area contributed by atoms with Crippen LogP contribution in [-0.2, 0) is 28.5 Å². The summed E-state index contributed by atoms with van der Waals surface area (Å²) >= 11 is 1.44. The molecular formula is C47H58N8O10S. The molecule has 0 spiro atoms. The molecule has 7 rings (SSSR count). The lowest BCUT2D eigenvalue weighted by atomic mass is 9.98. The van der Waals surface area contributed by atoms with Crippen molar-refractivity contribution in [1.29, 1.82) is 0 Å². The van der Waals surface area contributed by atoms with Crippen LogP contribution in [0.2, 0.25) is 0 Å². The van der Waals surface area contributed by atoms with E-state index in [2.05, 4.69) is 20.6 Å². The van der Waals surface area contributed by atoms with Crippen LogP contribution in [0.15, 0.2) is 65.6 Å². The zero-order valence-corrected chi connectivity index (χ0v) is 38.9. The second-order valence-electron chi connectivity index (χ2n) is 16.3. The molecule has 18 nitrogen and oxygen atoms in total. The Labute approximate surface area is 387 Å². The van der Waals surface area contributed by atoms with Crippen LogP contribution >= 0.6 is 11.3 Å². The summed E-state index contributed by atoms with van der Waals surface area (Å²) in [7, 11) is 5.77. The summed E-state index contributed by atoms with van der Waals surface area (Å²) < 4.78 is 33.3. The van der Waals surface area contributed by atoms with Crippen molar-refractivity contribution in [3.05, 3.63) is 82.8 Å². The Hall–Kier alpha value is -6.44. The topological polar surface area (TPSA) is 212 Å². The van der Waals surface area contributed by atoms with Gasteiger partial charge < -0.3 is 58.8 Å². The van der Waals surface area contributed by atoms with Crippen LogP contribution in [0, 0.1) is 5.92 Å². The highest BCUT2D eigenvalue weighted by Gasteiger charge is 2.39. The van der Waals surface area contributed by atoms with Gasteiger partial charge in [-0.2, -0.15) is 11.3 Å². The smallest absolute Gasteiger partial charge is 0.407 e. The number of amides is 4. The highest BCUT2D eigenvalue weighted by molar-refractivity contribution is 7.08. The second-order valence-corrected chi connectivity index (χ2v) is 17.1. The predicted molar refractivity (Wildman–Crippen MR) is 246 cm³/mol. The number of carbonyl (C=O) groups is 4. The van der Waals surface area contributed by atoms with Crippen molar-refractivity contribution < 1.29 is 47.6 Å². The molecule has 2 saturated heterocycles. The van der Waals surface area contributed by atoms with Crippen LogP contribution in [0.25, 0.3) is 33.6 Å². The molecule has 3 aromatic heterocycles. The quantitative estimate of drug-likeness (QED) is 0.0614. The third-order valence-electron chi connectivity index (χ3n) is 11.8. The van der Waals surface area contributed by atoms with Gasteiger partial charge in [-0.25, -0.2) is 19.6 Å². The third-order valence-corrected chi connectivity index (χ3v) is 12.5. The highest BCUT2D eigenvalue weighted by Crippen LogP contribution is 2.46. The lowest BCUT2D eigenvalue weighted by molar-refractivity contribution is -0.135. The van der Waals surface area contributed by atoms with E-state index in [0.29, 0.717) is 72.7 Å². The molecule has 0 saturated carbocycles. The molecule has 66 heavy (non-hydrogen) atoms.